The number of nitrogens with zero attached hydrogens (tertiary/aromatic N) is 3. The molecule has 6 rings (SSSR count). The molecule has 1 aliphatic carbocycles. The molecule has 2 aliphatic heterocycles. The third kappa shape index (κ3) is 4.94. The van der Waals surface area contributed by atoms with Crippen molar-refractivity contribution in [1.29, 1.82) is 0 Å². The van der Waals surface area contributed by atoms with Crippen molar-refractivity contribution < 1.29 is 23.5 Å². The van der Waals surface area contributed by atoms with Crippen LogP contribution in [0.2, 0.25) is 10.0 Å². The van der Waals surface area contributed by atoms with E-state index in [1.807, 2.05) is 19.9 Å². The van der Waals surface area contributed by atoms with Crippen molar-refractivity contribution in [3.05, 3.63) is 51.8 Å². The van der Waals surface area contributed by atoms with Crippen molar-refractivity contribution in [1.82, 2.24) is 4.98 Å². The van der Waals surface area contributed by atoms with Crippen molar-refractivity contribution >= 4 is 61.5 Å². The highest BCUT2D eigenvalue weighted by Crippen LogP contribution is 2.47. The first kappa shape index (κ1) is 28.0. The van der Waals surface area contributed by atoms with Crippen molar-refractivity contribution in [2.75, 3.05) is 50.1 Å². The predicted molar refractivity (Wildman–Crippen MR) is 158 cm³/mol. The maximum absolute atomic E-state index is 15.0. The van der Waals surface area contributed by atoms with Crippen molar-refractivity contribution in [3.8, 4) is 0 Å². The van der Waals surface area contributed by atoms with E-state index in [1.165, 1.54) is 17.4 Å². The number of aromatic nitrogens is 1. The fourth-order valence-corrected chi connectivity index (χ4v) is 8.11. The summed E-state index contributed by atoms with van der Waals surface area (Å²) in [7, 11) is 2.26. The molecule has 3 aliphatic rings. The molecule has 2 aromatic carbocycles. The van der Waals surface area contributed by atoms with E-state index in [4.69, 9.17) is 32.9 Å². The number of carbonyl (C=O) groups is 1. The number of aliphatic carboxylic acids is 1. The molecule has 0 radical (unpaired) electrons. The number of nitrogens with one attached hydrogen (secondary N) is 1. The molecule has 3 aromatic rings. The van der Waals surface area contributed by atoms with E-state index in [0.717, 1.165) is 64.4 Å². The number of fused-ring (bicyclic) bond motifs is 1. The number of carboxylic acid groups (broad SMARTS) is 1. The van der Waals surface area contributed by atoms with Crippen molar-refractivity contribution in [2.45, 2.75) is 44.9 Å². The van der Waals surface area contributed by atoms with Crippen LogP contribution in [-0.2, 0) is 9.53 Å². The largest absolute Gasteiger partial charge is 0.481 e. The quantitative estimate of drug-likeness (QED) is 0.301. The lowest BCUT2D eigenvalue weighted by Gasteiger charge is -2.56. The number of anilines is 2. The Morgan fingerprint density at radius 2 is 2.05 bits per heavy atom. The highest BCUT2D eigenvalue weighted by molar-refractivity contribution is 7.22. The summed E-state index contributed by atoms with van der Waals surface area (Å²) in [4.78, 5) is 18.7. The van der Waals surface area contributed by atoms with Gasteiger partial charge in [-0.05, 0) is 43.7 Å². The SMILES string of the molecule is C[C@@H](Nc1c(F)ccc2nc(N3CC(C4C[N+](C)(C5CC(C)(C(=O)O)C5)CCO4)C3)sc12)c1ccc(Cl)cc1Cl. The number of hydrogen-bond acceptors (Lipinski definition) is 6. The van der Waals surface area contributed by atoms with Gasteiger partial charge in [0.05, 0.1) is 47.1 Å². The molecule has 0 bridgehead atoms. The summed E-state index contributed by atoms with van der Waals surface area (Å²) in [6, 6.07) is 8.64. The minimum absolute atomic E-state index is 0.140. The molecule has 2 unspecified atom stereocenters. The van der Waals surface area contributed by atoms with Crippen LogP contribution >= 0.6 is 34.5 Å². The van der Waals surface area contributed by atoms with Gasteiger partial charge in [0.1, 0.15) is 25.0 Å². The summed E-state index contributed by atoms with van der Waals surface area (Å²) < 4.78 is 22.9. The van der Waals surface area contributed by atoms with Crippen LogP contribution in [-0.4, -0.2) is 72.5 Å². The second-order valence-electron chi connectivity index (χ2n) is 12.2. The lowest BCUT2D eigenvalue weighted by atomic mass is 9.65. The summed E-state index contributed by atoms with van der Waals surface area (Å²) in [6.45, 7) is 8.00. The number of ether oxygens (including phenoxy) is 1. The Morgan fingerprint density at radius 3 is 2.75 bits per heavy atom. The number of carboxylic acids is 1. The number of thiazole rings is 1. The van der Waals surface area contributed by atoms with Crippen LogP contribution in [0.15, 0.2) is 30.3 Å². The maximum Gasteiger partial charge on any atom is 0.309 e. The van der Waals surface area contributed by atoms with E-state index in [2.05, 4.69) is 17.3 Å². The van der Waals surface area contributed by atoms with Gasteiger partial charge in [-0.2, -0.15) is 0 Å². The average Bonchev–Trinajstić information content (AvgIpc) is 3.26. The Kier molecular flexibility index (Phi) is 7.19. The van der Waals surface area contributed by atoms with Gasteiger partial charge in [-0.3, -0.25) is 4.79 Å². The average molecular weight is 609 g/mol. The van der Waals surface area contributed by atoms with Crippen molar-refractivity contribution in [2.24, 2.45) is 11.3 Å². The number of halogens is 3. The zero-order valence-electron chi connectivity index (χ0n) is 22.8. The van der Waals surface area contributed by atoms with Gasteiger partial charge in [-0.1, -0.05) is 40.6 Å². The van der Waals surface area contributed by atoms with Gasteiger partial charge in [0.25, 0.3) is 0 Å². The molecule has 7 nitrogen and oxygen atoms in total. The van der Waals surface area contributed by atoms with Crippen molar-refractivity contribution in [3.63, 3.8) is 0 Å². The Morgan fingerprint density at radius 1 is 1.30 bits per heavy atom. The molecule has 1 saturated carbocycles. The highest BCUT2D eigenvalue weighted by atomic mass is 35.5. The molecular weight excluding hydrogens is 574 g/mol. The van der Waals surface area contributed by atoms with E-state index in [1.54, 1.807) is 18.2 Å². The topological polar surface area (TPSA) is 74.7 Å². The second kappa shape index (κ2) is 10.3. The van der Waals surface area contributed by atoms with E-state index >= 15 is 4.39 Å². The molecule has 214 valence electrons. The fourth-order valence-electron chi connectivity index (χ4n) is 6.46. The molecule has 0 spiro atoms. The van der Waals surface area contributed by atoms with Crippen LogP contribution in [0.25, 0.3) is 10.2 Å². The molecule has 2 saturated heterocycles. The third-order valence-electron chi connectivity index (χ3n) is 9.29. The molecule has 2 N–H and O–H groups in total. The molecule has 3 fully saturated rings. The van der Waals surface area contributed by atoms with E-state index in [0.29, 0.717) is 34.3 Å². The summed E-state index contributed by atoms with van der Waals surface area (Å²) in [5.74, 6) is -0.632. The lowest BCUT2D eigenvalue weighted by molar-refractivity contribution is -0.951. The Bertz CT molecular complexity index is 1460. The van der Waals surface area contributed by atoms with Crippen LogP contribution in [0.4, 0.5) is 15.2 Å². The maximum atomic E-state index is 15.0. The van der Waals surface area contributed by atoms with Gasteiger partial charge in [0, 0.05) is 41.9 Å². The fraction of sp³-hybridized carbons (Fsp3) is 0.517. The van der Waals surface area contributed by atoms with E-state index in [9.17, 15) is 9.90 Å². The standard InChI is InChI=1S/C29H33Cl2FN4O3S/c1-16(20-5-4-18(30)10-21(20)31)33-25-22(32)6-7-23-26(25)40-28(34-23)35-13-17(14-35)24-15-36(3,8-9-39-24)19-11-29(2,12-19)27(37)38/h4-7,10,16-17,19,24,33H,8-9,11-15H2,1-3H3/p+1/t16-,19?,24?,29?,36?/m1/s1. The smallest absolute Gasteiger partial charge is 0.309 e. The second-order valence-corrected chi connectivity index (χ2v) is 14.0. The Hall–Kier alpha value is -2.17. The molecule has 11 heteroatoms. The highest BCUT2D eigenvalue weighted by Gasteiger charge is 2.56. The van der Waals surface area contributed by atoms with Crippen LogP contribution in [0.3, 0.4) is 0 Å². The minimum Gasteiger partial charge on any atom is -0.481 e. The van der Waals surface area contributed by atoms with E-state index < -0.39 is 11.4 Å². The van der Waals surface area contributed by atoms with Gasteiger partial charge < -0.3 is 24.5 Å². The summed E-state index contributed by atoms with van der Waals surface area (Å²) in [5.41, 5.74) is 1.43. The lowest BCUT2D eigenvalue weighted by Crippen LogP contribution is -2.69. The van der Waals surface area contributed by atoms with Gasteiger partial charge in [0.15, 0.2) is 5.13 Å². The number of likely N-dealkylation sites (N-methyl/N-ethyl adjacent to an activating group) is 1. The Balaban J connectivity index is 1.13. The summed E-state index contributed by atoms with van der Waals surface area (Å²) in [5, 5.41) is 14.8. The first-order valence-corrected chi connectivity index (χ1v) is 15.3. The summed E-state index contributed by atoms with van der Waals surface area (Å²) >= 11 is 13.9. The van der Waals surface area contributed by atoms with Gasteiger partial charge in [0.2, 0.25) is 0 Å². The zero-order chi connectivity index (χ0) is 28.4. The number of benzene rings is 2. The monoisotopic (exact) mass is 607 g/mol. The predicted octanol–water partition coefficient (Wildman–Crippen LogP) is 6.45. The third-order valence-corrected chi connectivity index (χ3v) is 11.0. The minimum atomic E-state index is -0.688. The zero-order valence-corrected chi connectivity index (χ0v) is 25.1. The normalized spacial score (nSPS) is 29.6. The van der Waals surface area contributed by atoms with Gasteiger partial charge in [-0.15, -0.1) is 0 Å². The molecule has 3 heterocycles. The van der Waals surface area contributed by atoms with Crippen LogP contribution in [0.5, 0.6) is 0 Å². The summed E-state index contributed by atoms with van der Waals surface area (Å²) in [6.07, 6.45) is 1.59. The molecule has 40 heavy (non-hydrogen) atoms. The van der Waals surface area contributed by atoms with Gasteiger partial charge >= 0.3 is 5.97 Å². The molecule has 3 atom stereocenters. The van der Waals surface area contributed by atoms with Crippen LogP contribution < -0.4 is 10.2 Å². The number of morpholine rings is 1. The molecule has 1 aromatic heterocycles. The number of rotatable bonds is 7. The van der Waals surface area contributed by atoms with E-state index in [-0.39, 0.29) is 18.0 Å². The van der Waals surface area contributed by atoms with Crippen LogP contribution in [0, 0.1) is 17.2 Å². The molecular formula is C29H34Cl2FN4O3S+. The first-order valence-electron chi connectivity index (χ1n) is 13.7. The Labute approximate surface area is 247 Å². The first-order chi connectivity index (χ1) is 19.0. The number of quaternary nitrogens is 1. The van der Waals surface area contributed by atoms with Gasteiger partial charge in [-0.25, -0.2) is 9.37 Å². The molecule has 0 amide bonds. The van der Waals surface area contributed by atoms with Crippen LogP contribution in [0.1, 0.15) is 38.3 Å². The number of hydrogen-bond donors (Lipinski definition) is 2.